The molecule has 0 unspecified atom stereocenters. The summed E-state index contributed by atoms with van der Waals surface area (Å²) >= 11 is 0. The number of anilines is 2. The van der Waals surface area contributed by atoms with Crippen molar-refractivity contribution in [2.75, 3.05) is 16.2 Å². The Balaban J connectivity index is 1.62. The lowest BCUT2D eigenvalue weighted by atomic mass is 10.1. The highest BCUT2D eigenvalue weighted by molar-refractivity contribution is 7.92. The zero-order chi connectivity index (χ0) is 19.7. The normalized spacial score (nSPS) is 13.2. The molecule has 1 N–H and O–H groups in total. The molecule has 4 rings (SSSR count). The third-order valence-electron chi connectivity index (χ3n) is 4.72. The number of aryl methyl sites for hydroxylation is 1. The first-order chi connectivity index (χ1) is 13.4. The van der Waals surface area contributed by atoms with Crippen molar-refractivity contribution >= 4 is 27.3 Å². The van der Waals surface area contributed by atoms with Crippen LogP contribution >= 0.6 is 0 Å². The number of benzene rings is 2. The Hall–Kier alpha value is -3.19. The van der Waals surface area contributed by atoms with Crippen LogP contribution in [-0.4, -0.2) is 25.9 Å². The predicted octanol–water partition coefficient (Wildman–Crippen LogP) is 3.39. The van der Waals surface area contributed by atoms with Crippen molar-refractivity contribution in [3.05, 3.63) is 83.7 Å². The second kappa shape index (κ2) is 7.09. The van der Waals surface area contributed by atoms with E-state index in [-0.39, 0.29) is 10.8 Å². The van der Waals surface area contributed by atoms with Crippen LogP contribution in [0.4, 0.5) is 11.4 Å². The van der Waals surface area contributed by atoms with Crippen molar-refractivity contribution in [3.63, 3.8) is 0 Å². The highest BCUT2D eigenvalue weighted by Crippen LogP contribution is 2.32. The Morgan fingerprint density at radius 2 is 1.89 bits per heavy atom. The third-order valence-corrected chi connectivity index (χ3v) is 6.12. The number of carbonyl (C=O) groups is 1. The Bertz CT molecular complexity index is 1130. The second-order valence-corrected chi connectivity index (χ2v) is 8.39. The van der Waals surface area contributed by atoms with E-state index < -0.39 is 10.0 Å². The first kappa shape index (κ1) is 18.2. The molecule has 2 aromatic carbocycles. The zero-order valence-corrected chi connectivity index (χ0v) is 16.1. The van der Waals surface area contributed by atoms with Gasteiger partial charge in [0.15, 0.2) is 0 Å². The first-order valence-corrected chi connectivity index (χ1v) is 10.4. The van der Waals surface area contributed by atoms with Crippen LogP contribution < -0.4 is 9.62 Å². The number of aromatic nitrogens is 1. The van der Waals surface area contributed by atoms with Gasteiger partial charge in [0.2, 0.25) is 0 Å². The number of sulfonamides is 1. The van der Waals surface area contributed by atoms with Gasteiger partial charge in [0.05, 0.1) is 16.1 Å². The molecule has 0 aliphatic carbocycles. The molecule has 28 heavy (non-hydrogen) atoms. The van der Waals surface area contributed by atoms with Gasteiger partial charge >= 0.3 is 0 Å². The summed E-state index contributed by atoms with van der Waals surface area (Å²) in [6.45, 7) is 2.45. The first-order valence-electron chi connectivity index (χ1n) is 8.88. The Labute approximate surface area is 163 Å². The highest BCUT2D eigenvalue weighted by atomic mass is 32.2. The van der Waals surface area contributed by atoms with Crippen molar-refractivity contribution in [1.82, 2.24) is 4.98 Å². The number of nitrogens with one attached hydrogen (secondary N) is 1. The molecule has 0 radical (unpaired) electrons. The minimum absolute atomic E-state index is 0.148. The highest BCUT2D eigenvalue weighted by Gasteiger charge is 2.26. The number of fused-ring (bicyclic) bond motifs is 1. The van der Waals surface area contributed by atoms with Crippen LogP contribution in [0.5, 0.6) is 0 Å². The number of amides is 1. The second-order valence-electron chi connectivity index (χ2n) is 6.71. The SMILES string of the molecule is Cc1ccc(S(=O)(=O)Nc2ccc3c(c2)N(C(=O)c2cccnc2)CC3)cc1. The topological polar surface area (TPSA) is 79.4 Å². The molecule has 142 valence electrons. The van der Waals surface area contributed by atoms with E-state index in [4.69, 9.17) is 0 Å². The van der Waals surface area contributed by atoms with E-state index in [0.29, 0.717) is 17.8 Å². The van der Waals surface area contributed by atoms with Crippen LogP contribution in [0.1, 0.15) is 21.5 Å². The van der Waals surface area contributed by atoms with E-state index >= 15 is 0 Å². The van der Waals surface area contributed by atoms with Gasteiger partial charge in [-0.1, -0.05) is 23.8 Å². The molecular weight excluding hydrogens is 374 g/mol. The van der Waals surface area contributed by atoms with Gasteiger partial charge in [0.25, 0.3) is 15.9 Å². The molecule has 3 aromatic rings. The minimum Gasteiger partial charge on any atom is -0.308 e. The summed E-state index contributed by atoms with van der Waals surface area (Å²) in [5.74, 6) is -0.148. The van der Waals surface area contributed by atoms with Crippen LogP contribution in [0.3, 0.4) is 0 Å². The van der Waals surface area contributed by atoms with Crippen molar-refractivity contribution in [2.45, 2.75) is 18.2 Å². The van der Waals surface area contributed by atoms with E-state index in [1.807, 2.05) is 13.0 Å². The summed E-state index contributed by atoms with van der Waals surface area (Å²) < 4.78 is 27.9. The van der Waals surface area contributed by atoms with Gasteiger partial charge < -0.3 is 4.90 Å². The molecule has 1 amide bonds. The Morgan fingerprint density at radius 1 is 1.11 bits per heavy atom. The van der Waals surface area contributed by atoms with Gasteiger partial charge in [-0.05, 0) is 55.3 Å². The van der Waals surface area contributed by atoms with E-state index in [9.17, 15) is 13.2 Å². The minimum atomic E-state index is -3.70. The van der Waals surface area contributed by atoms with Crippen molar-refractivity contribution in [3.8, 4) is 0 Å². The van der Waals surface area contributed by atoms with E-state index in [0.717, 1.165) is 23.2 Å². The average molecular weight is 393 g/mol. The van der Waals surface area contributed by atoms with Gasteiger partial charge in [0, 0.05) is 24.6 Å². The molecule has 1 aliphatic rings. The Kier molecular flexibility index (Phi) is 4.60. The molecule has 6 nitrogen and oxygen atoms in total. The van der Waals surface area contributed by atoms with Crippen LogP contribution in [0.15, 0.2) is 71.9 Å². The molecule has 0 atom stereocenters. The van der Waals surface area contributed by atoms with Crippen LogP contribution in [-0.2, 0) is 16.4 Å². The van der Waals surface area contributed by atoms with Gasteiger partial charge in [-0.25, -0.2) is 8.42 Å². The summed E-state index contributed by atoms with van der Waals surface area (Å²) in [7, 11) is -3.70. The number of pyridine rings is 1. The smallest absolute Gasteiger partial charge is 0.261 e. The van der Waals surface area contributed by atoms with Crippen LogP contribution in [0.2, 0.25) is 0 Å². The lowest BCUT2D eigenvalue weighted by Crippen LogP contribution is -2.29. The number of hydrogen-bond donors (Lipinski definition) is 1. The maximum absolute atomic E-state index is 12.8. The molecule has 0 spiro atoms. The number of nitrogens with zero attached hydrogens (tertiary/aromatic N) is 2. The van der Waals surface area contributed by atoms with Gasteiger partial charge in [-0.15, -0.1) is 0 Å². The predicted molar refractivity (Wildman–Crippen MR) is 108 cm³/mol. The molecule has 0 fully saturated rings. The summed E-state index contributed by atoms with van der Waals surface area (Å²) in [4.78, 5) is 18.7. The zero-order valence-electron chi connectivity index (χ0n) is 15.3. The van der Waals surface area contributed by atoms with Crippen LogP contribution in [0, 0.1) is 6.92 Å². The summed E-state index contributed by atoms with van der Waals surface area (Å²) in [6, 6.07) is 15.4. The van der Waals surface area contributed by atoms with E-state index in [2.05, 4.69) is 9.71 Å². The molecule has 0 saturated heterocycles. The molecule has 0 bridgehead atoms. The molecule has 2 heterocycles. The van der Waals surface area contributed by atoms with E-state index in [1.165, 1.54) is 6.20 Å². The van der Waals surface area contributed by atoms with Crippen LogP contribution in [0.25, 0.3) is 0 Å². The maximum atomic E-state index is 12.8. The molecular formula is C21H19N3O3S. The molecule has 1 aliphatic heterocycles. The summed E-state index contributed by atoms with van der Waals surface area (Å²) in [5.41, 5.74) is 3.64. The fourth-order valence-corrected chi connectivity index (χ4v) is 4.28. The summed E-state index contributed by atoms with van der Waals surface area (Å²) in [5, 5.41) is 0. The van der Waals surface area contributed by atoms with Crippen molar-refractivity contribution in [2.24, 2.45) is 0 Å². The largest absolute Gasteiger partial charge is 0.308 e. The number of rotatable bonds is 4. The third kappa shape index (κ3) is 3.48. The lowest BCUT2D eigenvalue weighted by Gasteiger charge is -2.18. The summed E-state index contributed by atoms with van der Waals surface area (Å²) in [6.07, 6.45) is 3.88. The molecule has 1 aromatic heterocycles. The Morgan fingerprint density at radius 3 is 2.61 bits per heavy atom. The fourth-order valence-electron chi connectivity index (χ4n) is 3.23. The van der Waals surface area contributed by atoms with Gasteiger partial charge in [-0.3, -0.25) is 14.5 Å². The van der Waals surface area contributed by atoms with E-state index in [1.54, 1.807) is 59.6 Å². The van der Waals surface area contributed by atoms with Crippen molar-refractivity contribution < 1.29 is 13.2 Å². The average Bonchev–Trinajstić information content (AvgIpc) is 3.11. The fraction of sp³-hybridized carbons (Fsp3) is 0.143. The van der Waals surface area contributed by atoms with Gasteiger partial charge in [-0.2, -0.15) is 0 Å². The monoisotopic (exact) mass is 393 g/mol. The molecule has 7 heteroatoms. The van der Waals surface area contributed by atoms with Gasteiger partial charge in [0.1, 0.15) is 0 Å². The quantitative estimate of drug-likeness (QED) is 0.737. The maximum Gasteiger partial charge on any atom is 0.261 e. The van der Waals surface area contributed by atoms with Crippen molar-refractivity contribution in [1.29, 1.82) is 0 Å². The number of hydrogen-bond acceptors (Lipinski definition) is 4. The lowest BCUT2D eigenvalue weighted by molar-refractivity contribution is 0.0989. The molecule has 0 saturated carbocycles. The standard InChI is InChI=1S/C21H19N3O3S/c1-15-4-8-19(9-5-15)28(26,27)23-18-7-6-16-10-12-24(20(16)13-18)21(25)17-3-2-11-22-14-17/h2-9,11,13-14,23H,10,12H2,1H3. The number of carbonyl (C=O) groups excluding carboxylic acids is 1.